The minimum Gasteiger partial charge on any atom is -0.396 e. The number of rotatable bonds is 5. The van der Waals surface area contributed by atoms with Crippen LogP contribution in [0.4, 0.5) is 13.2 Å². The van der Waals surface area contributed by atoms with E-state index in [2.05, 4.69) is 9.17 Å². The second-order valence-electron chi connectivity index (χ2n) is 4.44. The van der Waals surface area contributed by atoms with Gasteiger partial charge in [-0.05, 0) is 25.0 Å². The third-order valence-corrected chi connectivity index (χ3v) is 3.77. The summed E-state index contributed by atoms with van der Waals surface area (Å²) in [5, 5.41) is 8.96. The molecule has 0 aliphatic heterocycles. The molecular formula is C13H12F3NO4S. The summed E-state index contributed by atoms with van der Waals surface area (Å²) in [6, 6.07) is 7.24. The van der Waals surface area contributed by atoms with Gasteiger partial charge in [0.25, 0.3) is 0 Å². The van der Waals surface area contributed by atoms with Gasteiger partial charge >= 0.3 is 15.6 Å². The maximum atomic E-state index is 12.5. The van der Waals surface area contributed by atoms with Crippen LogP contribution < -0.4 is 4.18 Å². The minimum atomic E-state index is -5.76. The molecule has 2 aromatic rings. The SMILES string of the molecule is O=S(=O)(Oc1cc(CCCO)nc2ccccc12)C(F)(F)F. The van der Waals surface area contributed by atoms with Crippen LogP contribution in [0.3, 0.4) is 0 Å². The van der Waals surface area contributed by atoms with E-state index in [1.165, 1.54) is 18.2 Å². The average Bonchev–Trinajstić information content (AvgIpc) is 2.43. The lowest BCUT2D eigenvalue weighted by Crippen LogP contribution is -2.28. The van der Waals surface area contributed by atoms with Crippen molar-refractivity contribution in [2.24, 2.45) is 0 Å². The molecule has 0 radical (unpaired) electrons. The molecule has 0 saturated heterocycles. The van der Waals surface area contributed by atoms with E-state index >= 15 is 0 Å². The third kappa shape index (κ3) is 3.47. The highest BCUT2D eigenvalue weighted by Gasteiger charge is 2.48. The number of hydrogen-bond acceptors (Lipinski definition) is 5. The maximum Gasteiger partial charge on any atom is 0.534 e. The minimum absolute atomic E-state index is 0.119. The first kappa shape index (κ1) is 16.5. The lowest BCUT2D eigenvalue weighted by atomic mass is 10.1. The third-order valence-electron chi connectivity index (χ3n) is 2.81. The van der Waals surface area contributed by atoms with Crippen LogP contribution in [0.5, 0.6) is 5.75 Å². The Labute approximate surface area is 124 Å². The summed E-state index contributed by atoms with van der Waals surface area (Å²) in [6.45, 7) is -0.119. The van der Waals surface area contributed by atoms with Crippen LogP contribution in [0.15, 0.2) is 30.3 Å². The molecule has 22 heavy (non-hydrogen) atoms. The molecule has 0 fully saturated rings. The zero-order valence-corrected chi connectivity index (χ0v) is 12.0. The summed E-state index contributed by atoms with van der Waals surface area (Å²) in [5.74, 6) is -0.434. The van der Waals surface area contributed by atoms with Gasteiger partial charge < -0.3 is 9.29 Å². The first-order valence-corrected chi connectivity index (χ1v) is 7.66. The highest BCUT2D eigenvalue weighted by atomic mass is 32.2. The van der Waals surface area contributed by atoms with Crippen LogP contribution >= 0.6 is 0 Å². The Morgan fingerprint density at radius 3 is 2.55 bits per heavy atom. The molecule has 2 rings (SSSR count). The number of aryl methyl sites for hydroxylation is 1. The van der Waals surface area contributed by atoms with E-state index < -0.39 is 21.4 Å². The van der Waals surface area contributed by atoms with Crippen molar-refractivity contribution in [3.8, 4) is 5.75 Å². The van der Waals surface area contributed by atoms with Gasteiger partial charge in [0.1, 0.15) is 0 Å². The van der Waals surface area contributed by atoms with E-state index in [9.17, 15) is 21.6 Å². The summed E-state index contributed by atoms with van der Waals surface area (Å²) in [7, 11) is -5.76. The smallest absolute Gasteiger partial charge is 0.396 e. The quantitative estimate of drug-likeness (QED) is 0.671. The fourth-order valence-corrected chi connectivity index (χ4v) is 2.29. The van der Waals surface area contributed by atoms with E-state index in [-0.39, 0.29) is 18.4 Å². The van der Waals surface area contributed by atoms with Gasteiger partial charge in [-0.1, -0.05) is 12.1 Å². The lowest BCUT2D eigenvalue weighted by Gasteiger charge is -2.12. The van der Waals surface area contributed by atoms with Crippen molar-refractivity contribution in [1.29, 1.82) is 0 Å². The molecule has 0 aliphatic carbocycles. The van der Waals surface area contributed by atoms with Gasteiger partial charge in [0.05, 0.1) is 5.52 Å². The molecule has 0 spiro atoms. The molecule has 0 aliphatic rings. The van der Waals surface area contributed by atoms with Crippen LogP contribution in [0, 0.1) is 0 Å². The summed E-state index contributed by atoms with van der Waals surface area (Å²) in [4.78, 5) is 4.20. The van der Waals surface area contributed by atoms with E-state index in [0.29, 0.717) is 17.6 Å². The van der Waals surface area contributed by atoms with Gasteiger partial charge in [-0.25, -0.2) is 0 Å². The van der Waals surface area contributed by atoms with Crippen molar-refractivity contribution in [1.82, 2.24) is 4.98 Å². The molecule has 0 atom stereocenters. The predicted octanol–water partition coefficient (Wildman–Crippen LogP) is 2.39. The van der Waals surface area contributed by atoms with Crippen molar-refractivity contribution in [3.63, 3.8) is 0 Å². The van der Waals surface area contributed by atoms with Crippen molar-refractivity contribution >= 4 is 21.0 Å². The number of fused-ring (bicyclic) bond motifs is 1. The van der Waals surface area contributed by atoms with Crippen molar-refractivity contribution in [2.45, 2.75) is 18.3 Å². The first-order valence-electron chi connectivity index (χ1n) is 6.25. The summed E-state index contributed by atoms with van der Waals surface area (Å²) >= 11 is 0. The Morgan fingerprint density at radius 1 is 1.23 bits per heavy atom. The second kappa shape index (κ2) is 6.09. The number of nitrogens with zero attached hydrogens (tertiary/aromatic N) is 1. The number of halogens is 3. The van der Waals surface area contributed by atoms with Gasteiger partial charge in [0, 0.05) is 23.8 Å². The van der Waals surface area contributed by atoms with E-state index in [4.69, 9.17) is 5.11 Å². The number of aliphatic hydroxyl groups excluding tert-OH is 1. The van der Waals surface area contributed by atoms with Gasteiger partial charge in [-0.3, -0.25) is 4.98 Å². The van der Waals surface area contributed by atoms with Crippen molar-refractivity contribution in [3.05, 3.63) is 36.0 Å². The average molecular weight is 335 g/mol. The second-order valence-corrected chi connectivity index (χ2v) is 5.98. The van der Waals surface area contributed by atoms with E-state index in [1.807, 2.05) is 0 Å². The number of aromatic nitrogens is 1. The van der Waals surface area contributed by atoms with Crippen LogP contribution in [-0.4, -0.2) is 30.6 Å². The number of hydrogen-bond donors (Lipinski definition) is 1. The van der Waals surface area contributed by atoms with E-state index in [1.54, 1.807) is 6.07 Å². The number of pyridine rings is 1. The van der Waals surface area contributed by atoms with Crippen LogP contribution in [0.2, 0.25) is 0 Å². The van der Waals surface area contributed by atoms with Gasteiger partial charge in [-0.2, -0.15) is 21.6 Å². The summed E-state index contributed by atoms with van der Waals surface area (Å²) < 4.78 is 64.0. The molecule has 1 aromatic carbocycles. The summed E-state index contributed by atoms with van der Waals surface area (Å²) in [6.07, 6.45) is 0.626. The molecule has 1 N–H and O–H groups in total. The predicted molar refractivity (Wildman–Crippen MR) is 72.8 cm³/mol. The van der Waals surface area contributed by atoms with E-state index in [0.717, 1.165) is 6.07 Å². The number of para-hydroxylation sites is 1. The highest BCUT2D eigenvalue weighted by molar-refractivity contribution is 7.88. The Kier molecular flexibility index (Phi) is 4.57. The molecule has 9 heteroatoms. The number of benzene rings is 1. The molecule has 0 bridgehead atoms. The topological polar surface area (TPSA) is 76.5 Å². The van der Waals surface area contributed by atoms with Crippen LogP contribution in [0.25, 0.3) is 10.9 Å². The summed E-state index contributed by atoms with van der Waals surface area (Å²) in [5.41, 5.74) is -4.87. The fourth-order valence-electron chi connectivity index (χ4n) is 1.82. The van der Waals surface area contributed by atoms with Crippen molar-refractivity contribution in [2.75, 3.05) is 6.61 Å². The maximum absolute atomic E-state index is 12.5. The van der Waals surface area contributed by atoms with Crippen molar-refractivity contribution < 1.29 is 30.9 Å². The van der Waals surface area contributed by atoms with Gasteiger partial charge in [0.2, 0.25) is 0 Å². The normalized spacial score (nSPS) is 12.5. The molecule has 1 heterocycles. The van der Waals surface area contributed by atoms with Gasteiger partial charge in [-0.15, -0.1) is 0 Å². The Hall–Kier alpha value is -1.87. The molecule has 120 valence electrons. The largest absolute Gasteiger partial charge is 0.534 e. The van der Waals surface area contributed by atoms with Gasteiger partial charge in [0.15, 0.2) is 5.75 Å². The van der Waals surface area contributed by atoms with Crippen LogP contribution in [-0.2, 0) is 16.5 Å². The number of aliphatic hydroxyl groups is 1. The molecule has 0 saturated carbocycles. The molecular weight excluding hydrogens is 323 g/mol. The highest BCUT2D eigenvalue weighted by Crippen LogP contribution is 2.31. The standard InChI is InChI=1S/C13H12F3NO4S/c14-13(15,16)22(19,20)21-12-8-9(4-3-7-18)17-11-6-2-1-5-10(11)12/h1-2,5-6,8,18H,3-4,7H2. The monoisotopic (exact) mass is 335 g/mol. The fraction of sp³-hybridized carbons (Fsp3) is 0.308. The first-order chi connectivity index (χ1) is 10.2. The molecule has 1 aromatic heterocycles. The molecule has 0 amide bonds. The Morgan fingerprint density at radius 2 is 1.91 bits per heavy atom. The molecule has 5 nitrogen and oxygen atoms in total. The number of alkyl halides is 3. The Balaban J connectivity index is 2.51. The molecule has 0 unspecified atom stereocenters. The zero-order chi connectivity index (χ0) is 16.4. The Bertz CT molecular complexity index is 774. The van der Waals surface area contributed by atoms with Crippen LogP contribution in [0.1, 0.15) is 12.1 Å². The zero-order valence-electron chi connectivity index (χ0n) is 11.2. The lowest BCUT2D eigenvalue weighted by molar-refractivity contribution is -0.0499.